The van der Waals surface area contributed by atoms with E-state index in [2.05, 4.69) is 10.0 Å². The maximum absolute atomic E-state index is 11.3. The molecular formula is C8H20N2O2S. The maximum atomic E-state index is 11.3. The van der Waals surface area contributed by atoms with Crippen molar-refractivity contribution < 1.29 is 8.42 Å². The Balaban J connectivity index is 3.64. The third kappa shape index (κ3) is 8.21. The summed E-state index contributed by atoms with van der Waals surface area (Å²) in [7, 11) is -1.19. The molecule has 0 saturated carbocycles. The summed E-state index contributed by atoms with van der Waals surface area (Å²) in [5.74, 6) is 0.397. The first-order valence-corrected chi connectivity index (χ1v) is 6.25. The highest BCUT2D eigenvalue weighted by Crippen LogP contribution is 1.96. The largest absolute Gasteiger partial charge is 0.320 e. The summed E-state index contributed by atoms with van der Waals surface area (Å²) >= 11 is 0. The van der Waals surface area contributed by atoms with Crippen molar-refractivity contribution in [1.82, 2.24) is 10.0 Å². The second-order valence-electron chi connectivity index (χ2n) is 3.53. The monoisotopic (exact) mass is 208 g/mol. The van der Waals surface area contributed by atoms with Gasteiger partial charge < -0.3 is 5.32 Å². The van der Waals surface area contributed by atoms with Crippen LogP contribution >= 0.6 is 0 Å². The molecule has 0 unspecified atom stereocenters. The minimum absolute atomic E-state index is 0.182. The fourth-order valence-electron chi connectivity index (χ4n) is 0.991. The summed E-state index contributed by atoms with van der Waals surface area (Å²) in [4.78, 5) is 0. The first kappa shape index (κ1) is 12.9. The Morgan fingerprint density at radius 3 is 2.31 bits per heavy atom. The topological polar surface area (TPSA) is 58.2 Å². The van der Waals surface area contributed by atoms with Crippen LogP contribution in [0.5, 0.6) is 0 Å². The van der Waals surface area contributed by atoms with Crippen molar-refractivity contribution in [3.8, 4) is 0 Å². The number of rotatable bonds is 7. The smallest absolute Gasteiger partial charge is 0.211 e. The Morgan fingerprint density at radius 1 is 1.23 bits per heavy atom. The number of hydrogen-bond donors (Lipinski definition) is 2. The van der Waals surface area contributed by atoms with Gasteiger partial charge in [-0.15, -0.1) is 0 Å². The molecule has 0 spiro atoms. The fourth-order valence-corrected chi connectivity index (χ4v) is 2.44. The number of sulfonamides is 1. The zero-order valence-electron chi connectivity index (χ0n) is 8.63. The van der Waals surface area contributed by atoms with Crippen LogP contribution in [0.4, 0.5) is 0 Å². The standard InChI is InChI=1S/C8H20N2O2S/c1-8(2)7-13(11,12)10-6-4-5-9-3/h8-10H,4-7H2,1-3H3. The van der Waals surface area contributed by atoms with Crippen molar-refractivity contribution in [3.63, 3.8) is 0 Å². The lowest BCUT2D eigenvalue weighted by molar-refractivity contribution is 0.564. The van der Waals surface area contributed by atoms with Crippen molar-refractivity contribution in [2.75, 3.05) is 25.9 Å². The number of nitrogens with one attached hydrogen (secondary N) is 2. The van der Waals surface area contributed by atoms with E-state index in [0.717, 1.165) is 13.0 Å². The molecule has 80 valence electrons. The second-order valence-corrected chi connectivity index (χ2v) is 5.38. The summed E-state index contributed by atoms with van der Waals surface area (Å²) in [5.41, 5.74) is 0. The first-order valence-electron chi connectivity index (χ1n) is 4.60. The average molecular weight is 208 g/mol. The van der Waals surface area contributed by atoms with Gasteiger partial charge in [0.1, 0.15) is 0 Å². The predicted octanol–water partition coefficient (Wildman–Crippen LogP) is 0.171. The molecule has 0 aliphatic rings. The Bertz CT molecular complexity index is 212. The van der Waals surface area contributed by atoms with Crippen LogP contribution in [0.25, 0.3) is 0 Å². The van der Waals surface area contributed by atoms with Crippen molar-refractivity contribution >= 4 is 10.0 Å². The Morgan fingerprint density at radius 2 is 1.85 bits per heavy atom. The van der Waals surface area contributed by atoms with Gasteiger partial charge in [-0.25, -0.2) is 13.1 Å². The van der Waals surface area contributed by atoms with E-state index >= 15 is 0 Å². The molecule has 0 saturated heterocycles. The molecule has 5 heteroatoms. The van der Waals surface area contributed by atoms with E-state index in [1.54, 1.807) is 0 Å². The molecule has 4 nitrogen and oxygen atoms in total. The van der Waals surface area contributed by atoms with Crippen LogP contribution in [0, 0.1) is 5.92 Å². The lowest BCUT2D eigenvalue weighted by Gasteiger charge is -2.08. The van der Waals surface area contributed by atoms with Crippen molar-refractivity contribution in [2.24, 2.45) is 5.92 Å². The van der Waals surface area contributed by atoms with Crippen LogP contribution in [0.15, 0.2) is 0 Å². The van der Waals surface area contributed by atoms with E-state index in [-0.39, 0.29) is 11.7 Å². The van der Waals surface area contributed by atoms with Gasteiger partial charge in [0.05, 0.1) is 5.75 Å². The molecule has 0 rings (SSSR count). The Kier molecular flexibility index (Phi) is 6.28. The van der Waals surface area contributed by atoms with Gasteiger partial charge in [0.25, 0.3) is 0 Å². The van der Waals surface area contributed by atoms with Gasteiger partial charge in [0.2, 0.25) is 10.0 Å². The maximum Gasteiger partial charge on any atom is 0.211 e. The molecule has 0 bridgehead atoms. The minimum Gasteiger partial charge on any atom is -0.320 e. The van der Waals surface area contributed by atoms with Gasteiger partial charge in [0.15, 0.2) is 0 Å². The molecule has 13 heavy (non-hydrogen) atoms. The van der Waals surface area contributed by atoms with Crippen LogP contribution in [0.2, 0.25) is 0 Å². The molecule has 0 heterocycles. The highest BCUT2D eigenvalue weighted by atomic mass is 32.2. The molecule has 0 radical (unpaired) electrons. The third-order valence-electron chi connectivity index (χ3n) is 1.48. The fraction of sp³-hybridized carbons (Fsp3) is 1.00. The van der Waals surface area contributed by atoms with Gasteiger partial charge in [-0.05, 0) is 25.9 Å². The van der Waals surface area contributed by atoms with Gasteiger partial charge in [-0.2, -0.15) is 0 Å². The second kappa shape index (κ2) is 6.34. The summed E-state index contributed by atoms with van der Waals surface area (Å²) in [5, 5.41) is 2.96. The van der Waals surface area contributed by atoms with Gasteiger partial charge in [0, 0.05) is 6.54 Å². The van der Waals surface area contributed by atoms with Crippen molar-refractivity contribution in [1.29, 1.82) is 0 Å². The minimum atomic E-state index is -3.04. The first-order chi connectivity index (χ1) is 5.98. The number of hydrogen-bond acceptors (Lipinski definition) is 3. The van der Waals surface area contributed by atoms with Crippen LogP contribution in [-0.4, -0.2) is 34.3 Å². The lowest BCUT2D eigenvalue weighted by atomic mass is 10.3. The lowest BCUT2D eigenvalue weighted by Crippen LogP contribution is -2.30. The van der Waals surface area contributed by atoms with Crippen molar-refractivity contribution in [3.05, 3.63) is 0 Å². The van der Waals surface area contributed by atoms with Crippen LogP contribution < -0.4 is 10.0 Å². The molecular weight excluding hydrogens is 188 g/mol. The molecule has 0 atom stereocenters. The summed E-state index contributed by atoms with van der Waals surface area (Å²) in [6.07, 6.45) is 0.827. The molecule has 0 aromatic heterocycles. The summed E-state index contributed by atoms with van der Waals surface area (Å²) in [6, 6.07) is 0. The van der Waals surface area contributed by atoms with E-state index in [1.165, 1.54) is 0 Å². The Hall–Kier alpha value is -0.130. The van der Waals surface area contributed by atoms with E-state index in [4.69, 9.17) is 0 Å². The molecule has 0 aliphatic carbocycles. The van der Waals surface area contributed by atoms with Crippen LogP contribution in [-0.2, 0) is 10.0 Å². The summed E-state index contributed by atoms with van der Waals surface area (Å²) in [6.45, 7) is 5.15. The van der Waals surface area contributed by atoms with Gasteiger partial charge in [-0.3, -0.25) is 0 Å². The average Bonchev–Trinajstić information content (AvgIpc) is 1.95. The van der Waals surface area contributed by atoms with E-state index < -0.39 is 10.0 Å². The molecule has 0 aromatic carbocycles. The molecule has 0 aromatic rings. The van der Waals surface area contributed by atoms with E-state index in [1.807, 2.05) is 20.9 Å². The SMILES string of the molecule is CNCCCNS(=O)(=O)CC(C)C. The highest BCUT2D eigenvalue weighted by molar-refractivity contribution is 7.89. The predicted molar refractivity (Wildman–Crippen MR) is 55.2 cm³/mol. The zero-order valence-corrected chi connectivity index (χ0v) is 9.45. The highest BCUT2D eigenvalue weighted by Gasteiger charge is 2.10. The van der Waals surface area contributed by atoms with Gasteiger partial charge in [-0.1, -0.05) is 13.8 Å². The molecule has 0 amide bonds. The Labute approximate surface area is 81.2 Å². The van der Waals surface area contributed by atoms with Gasteiger partial charge >= 0.3 is 0 Å². The van der Waals surface area contributed by atoms with E-state index in [9.17, 15) is 8.42 Å². The molecule has 0 aliphatic heterocycles. The third-order valence-corrected chi connectivity index (χ3v) is 3.23. The van der Waals surface area contributed by atoms with Crippen molar-refractivity contribution in [2.45, 2.75) is 20.3 Å². The van der Waals surface area contributed by atoms with E-state index in [0.29, 0.717) is 6.54 Å². The van der Waals surface area contributed by atoms with Crippen LogP contribution in [0.1, 0.15) is 20.3 Å². The molecule has 2 N–H and O–H groups in total. The quantitative estimate of drug-likeness (QED) is 0.586. The summed E-state index contributed by atoms with van der Waals surface area (Å²) < 4.78 is 25.1. The zero-order chi connectivity index (χ0) is 10.3. The normalized spacial score (nSPS) is 12.3. The molecule has 0 fully saturated rings. The van der Waals surface area contributed by atoms with Crippen LogP contribution in [0.3, 0.4) is 0 Å².